The second kappa shape index (κ2) is 9.93. The third-order valence-corrected chi connectivity index (χ3v) is 3.44. The van der Waals surface area contributed by atoms with Crippen molar-refractivity contribution in [2.24, 2.45) is 0 Å². The Morgan fingerprint density at radius 3 is 1.90 bits per heavy atom. The normalized spacial score (nSPS) is 11.6. The fourth-order valence-corrected chi connectivity index (χ4v) is 2.16. The summed E-state index contributed by atoms with van der Waals surface area (Å²) in [6, 6.07) is 9.73. The van der Waals surface area contributed by atoms with Crippen LogP contribution in [0, 0.1) is 0 Å². The third-order valence-electron chi connectivity index (χ3n) is 2.37. The summed E-state index contributed by atoms with van der Waals surface area (Å²) in [5.41, 5.74) is 0. The van der Waals surface area contributed by atoms with Crippen LogP contribution in [0.1, 0.15) is 0 Å². The highest BCUT2D eigenvalue weighted by Crippen LogP contribution is 2.07. The van der Waals surface area contributed by atoms with E-state index < -0.39 is 8.32 Å². The van der Waals surface area contributed by atoms with Crippen molar-refractivity contribution in [3.05, 3.63) is 30.3 Å². The smallest absolute Gasteiger partial charge is 0.183 e. The predicted molar refractivity (Wildman–Crippen MR) is 82.9 cm³/mol. The molecule has 0 atom stereocenters. The van der Waals surface area contributed by atoms with Crippen LogP contribution in [0.15, 0.2) is 30.3 Å². The van der Waals surface area contributed by atoms with Gasteiger partial charge in [0.05, 0.1) is 33.0 Å². The number of benzene rings is 1. The first-order chi connectivity index (χ1) is 9.58. The predicted octanol–water partition coefficient (Wildman–Crippen LogP) is 2.95. The van der Waals surface area contributed by atoms with Gasteiger partial charge >= 0.3 is 0 Å². The molecule has 0 saturated heterocycles. The van der Waals surface area contributed by atoms with Crippen LogP contribution >= 0.6 is 0 Å². The minimum atomic E-state index is -1.40. The van der Waals surface area contributed by atoms with Gasteiger partial charge in [0.1, 0.15) is 12.4 Å². The summed E-state index contributed by atoms with van der Waals surface area (Å²) in [6.45, 7) is 10.1. The summed E-state index contributed by atoms with van der Waals surface area (Å²) in [7, 11) is -1.40. The first-order valence-electron chi connectivity index (χ1n) is 7.05. The number of hydrogen-bond acceptors (Lipinski definition) is 4. The van der Waals surface area contributed by atoms with Crippen LogP contribution < -0.4 is 4.74 Å². The van der Waals surface area contributed by atoms with Crippen LogP contribution in [-0.2, 0) is 13.9 Å². The number of para-hydroxylation sites is 1. The maximum atomic E-state index is 5.68. The van der Waals surface area contributed by atoms with Crippen molar-refractivity contribution in [2.75, 3.05) is 39.6 Å². The monoisotopic (exact) mass is 298 g/mol. The second-order valence-corrected chi connectivity index (χ2v) is 9.86. The van der Waals surface area contributed by atoms with E-state index in [1.807, 2.05) is 30.3 Å². The lowest BCUT2D eigenvalue weighted by molar-refractivity contribution is 0.0266. The zero-order valence-electron chi connectivity index (χ0n) is 12.8. The SMILES string of the molecule is C[Si](C)(C)OCCOCCOCCOc1ccccc1. The molecule has 5 heteroatoms. The Morgan fingerprint density at radius 2 is 1.30 bits per heavy atom. The molecule has 0 unspecified atom stereocenters. The highest BCUT2D eigenvalue weighted by atomic mass is 28.4. The fraction of sp³-hybridized carbons (Fsp3) is 0.600. The molecule has 0 fully saturated rings. The van der Waals surface area contributed by atoms with Crippen LogP contribution in [0.4, 0.5) is 0 Å². The molecule has 0 aromatic heterocycles. The van der Waals surface area contributed by atoms with Gasteiger partial charge in [-0.25, -0.2) is 0 Å². The van der Waals surface area contributed by atoms with E-state index in [0.717, 1.165) is 5.75 Å². The Labute approximate surface area is 123 Å². The molecule has 0 aliphatic rings. The molecule has 1 aromatic rings. The van der Waals surface area contributed by atoms with Crippen LogP contribution in [0.25, 0.3) is 0 Å². The zero-order chi connectivity index (χ0) is 14.7. The van der Waals surface area contributed by atoms with Crippen LogP contribution in [0.2, 0.25) is 19.6 Å². The van der Waals surface area contributed by atoms with Gasteiger partial charge in [0.2, 0.25) is 0 Å². The summed E-state index contributed by atoms with van der Waals surface area (Å²) in [4.78, 5) is 0. The van der Waals surface area contributed by atoms with Crippen molar-refractivity contribution >= 4 is 8.32 Å². The highest BCUT2D eigenvalue weighted by Gasteiger charge is 2.12. The molecule has 0 bridgehead atoms. The molecular weight excluding hydrogens is 272 g/mol. The minimum absolute atomic E-state index is 0.558. The molecule has 0 aliphatic heterocycles. The zero-order valence-corrected chi connectivity index (χ0v) is 13.8. The molecule has 1 rings (SSSR count). The van der Waals surface area contributed by atoms with Crippen molar-refractivity contribution < 1.29 is 18.6 Å². The van der Waals surface area contributed by atoms with Gasteiger partial charge in [-0.2, -0.15) is 0 Å². The molecule has 20 heavy (non-hydrogen) atoms. The lowest BCUT2D eigenvalue weighted by Gasteiger charge is -2.16. The number of hydrogen-bond donors (Lipinski definition) is 0. The summed E-state index contributed by atoms with van der Waals surface area (Å²) >= 11 is 0. The van der Waals surface area contributed by atoms with Crippen molar-refractivity contribution in [1.82, 2.24) is 0 Å². The topological polar surface area (TPSA) is 36.9 Å². The van der Waals surface area contributed by atoms with Gasteiger partial charge in [-0.3, -0.25) is 0 Å². The van der Waals surface area contributed by atoms with E-state index >= 15 is 0 Å². The average Bonchev–Trinajstić information content (AvgIpc) is 2.41. The van der Waals surface area contributed by atoms with Crippen molar-refractivity contribution in [3.8, 4) is 5.75 Å². The van der Waals surface area contributed by atoms with E-state index in [2.05, 4.69) is 19.6 Å². The summed E-state index contributed by atoms with van der Waals surface area (Å²) in [5, 5.41) is 0. The summed E-state index contributed by atoms with van der Waals surface area (Å²) in [6.07, 6.45) is 0. The van der Waals surface area contributed by atoms with E-state index in [9.17, 15) is 0 Å². The van der Waals surface area contributed by atoms with E-state index in [0.29, 0.717) is 39.6 Å². The van der Waals surface area contributed by atoms with E-state index in [-0.39, 0.29) is 0 Å². The Hall–Kier alpha value is -0.883. The van der Waals surface area contributed by atoms with Crippen molar-refractivity contribution in [2.45, 2.75) is 19.6 Å². The number of rotatable bonds is 11. The summed E-state index contributed by atoms with van der Waals surface area (Å²) < 4.78 is 22.0. The maximum Gasteiger partial charge on any atom is 0.183 e. The third kappa shape index (κ3) is 9.97. The van der Waals surface area contributed by atoms with Crippen LogP contribution in [0.5, 0.6) is 5.75 Å². The van der Waals surface area contributed by atoms with Crippen molar-refractivity contribution in [1.29, 1.82) is 0 Å². The van der Waals surface area contributed by atoms with Crippen molar-refractivity contribution in [3.63, 3.8) is 0 Å². The molecule has 0 radical (unpaired) electrons. The van der Waals surface area contributed by atoms with E-state index in [4.69, 9.17) is 18.6 Å². The lowest BCUT2D eigenvalue weighted by Crippen LogP contribution is -2.27. The molecule has 0 aliphatic carbocycles. The molecule has 0 amide bonds. The van der Waals surface area contributed by atoms with Gasteiger partial charge in [0.25, 0.3) is 0 Å². The Bertz CT molecular complexity index is 337. The van der Waals surface area contributed by atoms with Gasteiger partial charge in [0, 0.05) is 0 Å². The van der Waals surface area contributed by atoms with E-state index in [1.54, 1.807) is 0 Å². The average molecular weight is 298 g/mol. The van der Waals surface area contributed by atoms with Gasteiger partial charge in [-0.05, 0) is 31.8 Å². The fourth-order valence-electron chi connectivity index (χ4n) is 1.46. The second-order valence-electron chi connectivity index (χ2n) is 5.35. The van der Waals surface area contributed by atoms with Crippen LogP contribution in [-0.4, -0.2) is 48.0 Å². The molecule has 0 N–H and O–H groups in total. The molecule has 0 spiro atoms. The van der Waals surface area contributed by atoms with Gasteiger partial charge in [-0.15, -0.1) is 0 Å². The Kier molecular flexibility index (Phi) is 8.53. The molecule has 4 nitrogen and oxygen atoms in total. The quantitative estimate of drug-likeness (QED) is 0.465. The molecular formula is C15H26O4Si. The van der Waals surface area contributed by atoms with Gasteiger partial charge in [-0.1, -0.05) is 18.2 Å². The number of ether oxygens (including phenoxy) is 3. The Balaban J connectivity index is 1.83. The first-order valence-corrected chi connectivity index (χ1v) is 10.5. The minimum Gasteiger partial charge on any atom is -0.491 e. The summed E-state index contributed by atoms with van der Waals surface area (Å²) in [5.74, 6) is 0.871. The van der Waals surface area contributed by atoms with Gasteiger partial charge < -0.3 is 18.6 Å². The maximum absolute atomic E-state index is 5.68. The lowest BCUT2D eigenvalue weighted by atomic mass is 10.3. The standard InChI is InChI=1S/C15H26O4Si/c1-20(2,3)19-14-12-17-10-9-16-11-13-18-15-7-5-4-6-8-15/h4-8H,9-14H2,1-3H3. The molecule has 0 heterocycles. The molecule has 0 saturated carbocycles. The molecule has 114 valence electrons. The Morgan fingerprint density at radius 1 is 0.750 bits per heavy atom. The molecule has 1 aromatic carbocycles. The highest BCUT2D eigenvalue weighted by molar-refractivity contribution is 6.69. The van der Waals surface area contributed by atoms with Gasteiger partial charge in [0.15, 0.2) is 8.32 Å². The van der Waals surface area contributed by atoms with Crippen LogP contribution in [0.3, 0.4) is 0 Å². The van der Waals surface area contributed by atoms with E-state index in [1.165, 1.54) is 0 Å². The first kappa shape index (κ1) is 17.2. The largest absolute Gasteiger partial charge is 0.491 e.